The Hall–Kier alpha value is -2.63. The Labute approximate surface area is 129 Å². The van der Waals surface area contributed by atoms with Crippen LogP contribution in [0.1, 0.15) is 34.1 Å². The van der Waals surface area contributed by atoms with E-state index in [-0.39, 0.29) is 12.5 Å². The molecule has 2 aromatic rings. The molecule has 1 N–H and O–H groups in total. The molecular weight excluding hydrogens is 282 g/mol. The van der Waals surface area contributed by atoms with Crippen molar-refractivity contribution in [3.8, 4) is 0 Å². The standard InChI is InChI=1S/C16H19N3O3/c1-2-7-17-15(20)13-5-3-6-14(12-13)16(21)22-11-10-19-9-4-8-18-19/h3-6,8-9,12H,2,7,10-11H2,1H3,(H,17,20). The van der Waals surface area contributed by atoms with Gasteiger partial charge in [-0.25, -0.2) is 4.79 Å². The second-order valence-corrected chi connectivity index (χ2v) is 4.74. The van der Waals surface area contributed by atoms with Crippen LogP contribution in [0.5, 0.6) is 0 Å². The monoisotopic (exact) mass is 301 g/mol. The van der Waals surface area contributed by atoms with Gasteiger partial charge in [-0.05, 0) is 30.7 Å². The van der Waals surface area contributed by atoms with Crippen molar-refractivity contribution < 1.29 is 14.3 Å². The highest BCUT2D eigenvalue weighted by atomic mass is 16.5. The smallest absolute Gasteiger partial charge is 0.338 e. The van der Waals surface area contributed by atoms with Gasteiger partial charge >= 0.3 is 5.97 Å². The molecule has 1 aromatic heterocycles. The number of benzene rings is 1. The molecule has 0 aliphatic carbocycles. The maximum atomic E-state index is 12.0. The zero-order chi connectivity index (χ0) is 15.8. The van der Waals surface area contributed by atoms with Gasteiger partial charge in [-0.2, -0.15) is 5.10 Å². The molecule has 0 unspecified atom stereocenters. The topological polar surface area (TPSA) is 73.2 Å². The average molecular weight is 301 g/mol. The fourth-order valence-electron chi connectivity index (χ4n) is 1.88. The van der Waals surface area contributed by atoms with Crippen LogP contribution in [0.3, 0.4) is 0 Å². The second kappa shape index (κ2) is 7.97. The van der Waals surface area contributed by atoms with Crippen LogP contribution in [-0.2, 0) is 11.3 Å². The third-order valence-corrected chi connectivity index (χ3v) is 3.01. The third kappa shape index (κ3) is 4.44. The van der Waals surface area contributed by atoms with Crippen molar-refractivity contribution >= 4 is 11.9 Å². The molecule has 0 aliphatic rings. The number of carbonyl (C=O) groups is 2. The summed E-state index contributed by atoms with van der Waals surface area (Å²) in [6.45, 7) is 3.31. The molecule has 2 rings (SSSR count). The van der Waals surface area contributed by atoms with Gasteiger partial charge in [0, 0.05) is 24.5 Å². The summed E-state index contributed by atoms with van der Waals surface area (Å²) in [4.78, 5) is 23.9. The lowest BCUT2D eigenvalue weighted by Gasteiger charge is -2.07. The first-order valence-electron chi connectivity index (χ1n) is 7.23. The van der Waals surface area contributed by atoms with E-state index in [1.54, 1.807) is 47.4 Å². The minimum atomic E-state index is -0.447. The third-order valence-electron chi connectivity index (χ3n) is 3.01. The Morgan fingerprint density at radius 1 is 1.27 bits per heavy atom. The lowest BCUT2D eigenvalue weighted by molar-refractivity contribution is 0.0487. The molecule has 0 saturated carbocycles. The Bertz CT molecular complexity index is 623. The largest absolute Gasteiger partial charge is 0.460 e. The predicted molar refractivity (Wildman–Crippen MR) is 81.6 cm³/mol. The second-order valence-electron chi connectivity index (χ2n) is 4.74. The summed E-state index contributed by atoms with van der Waals surface area (Å²) >= 11 is 0. The first-order valence-corrected chi connectivity index (χ1v) is 7.23. The van der Waals surface area contributed by atoms with E-state index in [1.807, 2.05) is 6.92 Å². The molecule has 6 nitrogen and oxygen atoms in total. The van der Waals surface area contributed by atoms with Crippen molar-refractivity contribution in [3.05, 3.63) is 53.9 Å². The Balaban J connectivity index is 1.90. The molecular formula is C16H19N3O3. The van der Waals surface area contributed by atoms with E-state index >= 15 is 0 Å². The highest BCUT2D eigenvalue weighted by Crippen LogP contribution is 2.07. The number of carbonyl (C=O) groups excluding carboxylic acids is 2. The van der Waals surface area contributed by atoms with Crippen LogP contribution in [0, 0.1) is 0 Å². The van der Waals surface area contributed by atoms with E-state index in [4.69, 9.17) is 4.74 Å². The van der Waals surface area contributed by atoms with Gasteiger partial charge in [0.15, 0.2) is 0 Å². The fraction of sp³-hybridized carbons (Fsp3) is 0.312. The summed E-state index contributed by atoms with van der Waals surface area (Å²) in [6, 6.07) is 8.32. The van der Waals surface area contributed by atoms with Crippen LogP contribution >= 0.6 is 0 Å². The Kier molecular flexibility index (Phi) is 5.71. The van der Waals surface area contributed by atoms with Crippen LogP contribution < -0.4 is 5.32 Å². The van der Waals surface area contributed by atoms with E-state index in [9.17, 15) is 9.59 Å². The summed E-state index contributed by atoms with van der Waals surface area (Å²) in [6.07, 6.45) is 4.33. The number of amides is 1. The molecule has 1 heterocycles. The summed E-state index contributed by atoms with van der Waals surface area (Å²) in [5, 5.41) is 6.80. The van der Waals surface area contributed by atoms with Gasteiger partial charge in [-0.15, -0.1) is 0 Å². The number of nitrogens with zero attached hydrogens (tertiary/aromatic N) is 2. The summed E-state index contributed by atoms with van der Waals surface area (Å²) in [5.41, 5.74) is 0.819. The molecule has 0 spiro atoms. The SMILES string of the molecule is CCCNC(=O)c1cccc(C(=O)OCCn2cccn2)c1. The van der Waals surface area contributed by atoms with Crippen molar-refractivity contribution in [1.82, 2.24) is 15.1 Å². The minimum absolute atomic E-state index is 0.187. The molecule has 0 radical (unpaired) electrons. The van der Waals surface area contributed by atoms with Gasteiger partial charge in [0.2, 0.25) is 0 Å². The van der Waals surface area contributed by atoms with E-state index in [0.29, 0.717) is 24.2 Å². The van der Waals surface area contributed by atoms with Gasteiger partial charge in [0.1, 0.15) is 6.61 Å². The van der Waals surface area contributed by atoms with Crippen LogP contribution in [0.2, 0.25) is 0 Å². The van der Waals surface area contributed by atoms with Crippen LogP contribution in [0.25, 0.3) is 0 Å². The van der Waals surface area contributed by atoms with Gasteiger partial charge in [-0.1, -0.05) is 13.0 Å². The van der Waals surface area contributed by atoms with Gasteiger partial charge in [0.25, 0.3) is 5.91 Å². The highest BCUT2D eigenvalue weighted by molar-refractivity contribution is 5.97. The van der Waals surface area contributed by atoms with Crippen LogP contribution in [0.15, 0.2) is 42.7 Å². The number of hydrogen-bond donors (Lipinski definition) is 1. The quantitative estimate of drug-likeness (QED) is 0.792. The maximum Gasteiger partial charge on any atom is 0.338 e. The number of ether oxygens (including phenoxy) is 1. The Morgan fingerprint density at radius 3 is 2.82 bits per heavy atom. The normalized spacial score (nSPS) is 10.2. The number of aromatic nitrogens is 2. The molecule has 22 heavy (non-hydrogen) atoms. The average Bonchev–Trinajstić information content (AvgIpc) is 3.06. The zero-order valence-electron chi connectivity index (χ0n) is 12.5. The molecule has 0 aliphatic heterocycles. The maximum absolute atomic E-state index is 12.0. The molecule has 1 aromatic carbocycles. The molecule has 0 saturated heterocycles. The molecule has 1 amide bonds. The molecule has 0 bridgehead atoms. The molecule has 0 atom stereocenters. The van der Waals surface area contributed by atoms with Crippen LogP contribution in [-0.4, -0.2) is 34.8 Å². The molecule has 6 heteroatoms. The van der Waals surface area contributed by atoms with E-state index in [1.165, 1.54) is 0 Å². The number of nitrogens with one attached hydrogen (secondary N) is 1. The van der Waals surface area contributed by atoms with Crippen molar-refractivity contribution in [3.63, 3.8) is 0 Å². The number of hydrogen-bond acceptors (Lipinski definition) is 4. The van der Waals surface area contributed by atoms with E-state index in [2.05, 4.69) is 10.4 Å². The molecule has 0 fully saturated rings. The first kappa shape index (κ1) is 15.8. The lowest BCUT2D eigenvalue weighted by Crippen LogP contribution is -2.24. The van der Waals surface area contributed by atoms with Crippen molar-refractivity contribution in [2.24, 2.45) is 0 Å². The van der Waals surface area contributed by atoms with Crippen molar-refractivity contribution in [2.45, 2.75) is 19.9 Å². The number of rotatable bonds is 7. The summed E-state index contributed by atoms with van der Waals surface area (Å²) in [7, 11) is 0. The van der Waals surface area contributed by atoms with Crippen LogP contribution in [0.4, 0.5) is 0 Å². The van der Waals surface area contributed by atoms with E-state index < -0.39 is 5.97 Å². The highest BCUT2D eigenvalue weighted by Gasteiger charge is 2.11. The van der Waals surface area contributed by atoms with E-state index in [0.717, 1.165) is 6.42 Å². The molecule has 116 valence electrons. The van der Waals surface area contributed by atoms with Crippen molar-refractivity contribution in [1.29, 1.82) is 0 Å². The summed E-state index contributed by atoms with van der Waals surface area (Å²) < 4.78 is 6.87. The lowest BCUT2D eigenvalue weighted by atomic mass is 10.1. The number of esters is 1. The fourth-order valence-corrected chi connectivity index (χ4v) is 1.88. The zero-order valence-corrected chi connectivity index (χ0v) is 12.5. The predicted octanol–water partition coefficient (Wildman–Crippen LogP) is 1.88. The summed E-state index contributed by atoms with van der Waals surface area (Å²) in [5.74, 6) is -0.634. The van der Waals surface area contributed by atoms with Gasteiger partial charge in [0.05, 0.1) is 12.1 Å². The Morgan fingerprint density at radius 2 is 2.09 bits per heavy atom. The van der Waals surface area contributed by atoms with Gasteiger partial charge < -0.3 is 10.1 Å². The first-order chi connectivity index (χ1) is 10.7. The minimum Gasteiger partial charge on any atom is -0.460 e. The van der Waals surface area contributed by atoms with Gasteiger partial charge in [-0.3, -0.25) is 9.48 Å². The van der Waals surface area contributed by atoms with Crippen molar-refractivity contribution in [2.75, 3.05) is 13.2 Å².